The van der Waals surface area contributed by atoms with Crippen LogP contribution in [0, 0.1) is 0 Å². The molecule has 0 saturated carbocycles. The van der Waals surface area contributed by atoms with E-state index in [-0.39, 0.29) is 18.6 Å². The fraction of sp³-hybridized carbons (Fsp3) is 0.263. The van der Waals surface area contributed by atoms with E-state index >= 15 is 0 Å². The van der Waals surface area contributed by atoms with Crippen molar-refractivity contribution in [2.45, 2.75) is 25.6 Å². The number of rotatable bonds is 5. The highest BCUT2D eigenvalue weighted by molar-refractivity contribution is 6.06. The Morgan fingerprint density at radius 1 is 1.12 bits per heavy atom. The molecule has 1 atom stereocenters. The Morgan fingerprint density at radius 3 is 2.44 bits per heavy atom. The number of anilines is 1. The minimum atomic E-state index is -1.06. The number of carbonyl (C=O) groups excluding carboxylic acids is 1. The maximum absolute atomic E-state index is 13.0. The fourth-order valence-corrected chi connectivity index (χ4v) is 3.00. The highest BCUT2D eigenvalue weighted by Gasteiger charge is 2.28. The van der Waals surface area contributed by atoms with Gasteiger partial charge in [-0.15, -0.1) is 0 Å². The maximum Gasteiger partial charge on any atom is 0.404 e. The molecule has 2 amide bonds. The zero-order valence-electron chi connectivity index (χ0n) is 13.8. The first-order valence-electron chi connectivity index (χ1n) is 8.33. The van der Waals surface area contributed by atoms with E-state index in [1.165, 1.54) is 0 Å². The fourth-order valence-electron chi connectivity index (χ4n) is 3.00. The molecule has 2 aromatic carbocycles. The van der Waals surface area contributed by atoms with E-state index in [4.69, 9.17) is 5.11 Å². The van der Waals surface area contributed by atoms with Crippen LogP contribution in [0.5, 0.6) is 0 Å². The van der Waals surface area contributed by atoms with E-state index in [9.17, 15) is 9.59 Å². The summed E-state index contributed by atoms with van der Waals surface area (Å²) in [4.78, 5) is 25.4. The van der Waals surface area contributed by atoms with Crippen LogP contribution in [0.4, 0.5) is 10.5 Å². The SMILES string of the molecule is O=C(O)NCc1ccc(N(C(=O)c2ccccc2)C2CCCN2)cc1. The van der Waals surface area contributed by atoms with Crippen LogP contribution in [0.15, 0.2) is 54.6 Å². The number of carboxylic acid groups (broad SMARTS) is 1. The van der Waals surface area contributed by atoms with E-state index in [0.717, 1.165) is 30.6 Å². The zero-order chi connectivity index (χ0) is 17.6. The van der Waals surface area contributed by atoms with Crippen LogP contribution in [0.1, 0.15) is 28.8 Å². The molecule has 0 aromatic heterocycles. The number of hydrogen-bond donors (Lipinski definition) is 3. The number of benzene rings is 2. The molecule has 0 spiro atoms. The summed E-state index contributed by atoms with van der Waals surface area (Å²) in [6.07, 6.45) is 0.848. The highest BCUT2D eigenvalue weighted by Crippen LogP contribution is 2.24. The largest absolute Gasteiger partial charge is 0.465 e. The van der Waals surface area contributed by atoms with Crippen molar-refractivity contribution < 1.29 is 14.7 Å². The normalized spacial score (nSPS) is 16.4. The Balaban J connectivity index is 1.84. The van der Waals surface area contributed by atoms with Crippen molar-refractivity contribution in [3.05, 3.63) is 65.7 Å². The van der Waals surface area contributed by atoms with E-state index in [0.29, 0.717) is 5.56 Å². The Kier molecular flexibility index (Phi) is 5.30. The van der Waals surface area contributed by atoms with Crippen LogP contribution in [0.25, 0.3) is 0 Å². The van der Waals surface area contributed by atoms with E-state index in [1.807, 2.05) is 54.6 Å². The molecule has 1 heterocycles. The molecule has 6 nitrogen and oxygen atoms in total. The van der Waals surface area contributed by atoms with Gasteiger partial charge in [0.1, 0.15) is 0 Å². The van der Waals surface area contributed by atoms with Crippen molar-refractivity contribution in [1.82, 2.24) is 10.6 Å². The highest BCUT2D eigenvalue weighted by atomic mass is 16.4. The summed E-state index contributed by atoms with van der Waals surface area (Å²) in [5, 5.41) is 14.4. The lowest BCUT2D eigenvalue weighted by molar-refractivity contribution is 0.0974. The molecule has 6 heteroatoms. The first-order valence-corrected chi connectivity index (χ1v) is 8.33. The van der Waals surface area contributed by atoms with Gasteiger partial charge in [-0.2, -0.15) is 0 Å². The molecule has 3 rings (SSSR count). The smallest absolute Gasteiger partial charge is 0.404 e. The van der Waals surface area contributed by atoms with Gasteiger partial charge in [0.05, 0.1) is 6.17 Å². The van der Waals surface area contributed by atoms with Crippen molar-refractivity contribution in [2.75, 3.05) is 11.4 Å². The van der Waals surface area contributed by atoms with Crippen molar-refractivity contribution in [2.24, 2.45) is 0 Å². The Bertz CT molecular complexity index is 725. The summed E-state index contributed by atoms with van der Waals surface area (Å²) in [5.74, 6) is -0.0450. The predicted molar refractivity (Wildman–Crippen MR) is 95.6 cm³/mol. The van der Waals surface area contributed by atoms with Gasteiger partial charge in [-0.3, -0.25) is 15.0 Å². The molecular weight excluding hydrogens is 318 g/mol. The standard InChI is InChI=1S/C19H21N3O3/c23-18(15-5-2-1-3-6-15)22(17-7-4-12-20-17)16-10-8-14(9-11-16)13-21-19(24)25/h1-3,5-6,8-11,17,20-21H,4,7,12-13H2,(H,24,25). The Hall–Kier alpha value is -2.86. The van der Waals surface area contributed by atoms with Crippen LogP contribution in [0.3, 0.4) is 0 Å². The average Bonchev–Trinajstić information content (AvgIpc) is 3.16. The summed E-state index contributed by atoms with van der Waals surface area (Å²) in [5.41, 5.74) is 2.29. The zero-order valence-corrected chi connectivity index (χ0v) is 13.8. The van der Waals surface area contributed by atoms with E-state index in [2.05, 4.69) is 10.6 Å². The second kappa shape index (κ2) is 7.81. The Labute approximate surface area is 146 Å². The van der Waals surface area contributed by atoms with Gasteiger partial charge in [-0.25, -0.2) is 4.79 Å². The van der Waals surface area contributed by atoms with Crippen LogP contribution in [-0.4, -0.2) is 29.8 Å². The van der Waals surface area contributed by atoms with Crippen LogP contribution in [0.2, 0.25) is 0 Å². The van der Waals surface area contributed by atoms with Gasteiger partial charge in [-0.05, 0) is 49.2 Å². The van der Waals surface area contributed by atoms with E-state index < -0.39 is 6.09 Å². The number of hydrogen-bond acceptors (Lipinski definition) is 3. The third-order valence-electron chi connectivity index (χ3n) is 4.24. The van der Waals surface area contributed by atoms with Gasteiger partial charge in [0, 0.05) is 17.8 Å². The van der Waals surface area contributed by atoms with Crippen LogP contribution >= 0.6 is 0 Å². The Morgan fingerprint density at radius 2 is 1.84 bits per heavy atom. The molecule has 1 aliphatic heterocycles. The van der Waals surface area contributed by atoms with E-state index in [1.54, 1.807) is 4.90 Å². The summed E-state index contributed by atoms with van der Waals surface area (Å²) in [7, 11) is 0. The van der Waals surface area contributed by atoms with Crippen molar-refractivity contribution in [3.8, 4) is 0 Å². The number of amides is 2. The number of carbonyl (C=O) groups is 2. The quantitative estimate of drug-likeness (QED) is 0.782. The molecule has 1 fully saturated rings. The van der Waals surface area contributed by atoms with Gasteiger partial charge in [-0.1, -0.05) is 30.3 Å². The van der Waals surface area contributed by atoms with Crippen LogP contribution in [-0.2, 0) is 6.54 Å². The number of nitrogens with one attached hydrogen (secondary N) is 2. The van der Waals surface area contributed by atoms with Crippen molar-refractivity contribution in [3.63, 3.8) is 0 Å². The molecule has 0 bridgehead atoms. The lowest BCUT2D eigenvalue weighted by atomic mass is 10.1. The first-order chi connectivity index (χ1) is 12.1. The molecule has 1 aliphatic rings. The summed E-state index contributed by atoms with van der Waals surface area (Å²) in [6.45, 7) is 1.13. The molecule has 0 aliphatic carbocycles. The molecular formula is C19H21N3O3. The number of nitrogens with zero attached hydrogens (tertiary/aromatic N) is 1. The summed E-state index contributed by atoms with van der Waals surface area (Å²) in [6, 6.07) is 16.6. The monoisotopic (exact) mass is 339 g/mol. The molecule has 1 saturated heterocycles. The third-order valence-corrected chi connectivity index (χ3v) is 4.24. The second-order valence-corrected chi connectivity index (χ2v) is 5.98. The lowest BCUT2D eigenvalue weighted by Crippen LogP contribution is -2.46. The van der Waals surface area contributed by atoms with Gasteiger partial charge in [0.15, 0.2) is 0 Å². The van der Waals surface area contributed by atoms with Crippen molar-refractivity contribution >= 4 is 17.7 Å². The van der Waals surface area contributed by atoms with Gasteiger partial charge < -0.3 is 10.4 Å². The molecule has 1 unspecified atom stereocenters. The molecule has 3 N–H and O–H groups in total. The minimum absolute atomic E-state index is 0.0318. The lowest BCUT2D eigenvalue weighted by Gasteiger charge is -2.29. The first kappa shape index (κ1) is 17.0. The topological polar surface area (TPSA) is 81.7 Å². The molecule has 25 heavy (non-hydrogen) atoms. The minimum Gasteiger partial charge on any atom is -0.465 e. The van der Waals surface area contributed by atoms with Crippen molar-refractivity contribution in [1.29, 1.82) is 0 Å². The van der Waals surface area contributed by atoms with Gasteiger partial charge in [0.25, 0.3) is 5.91 Å². The van der Waals surface area contributed by atoms with Gasteiger partial charge in [0.2, 0.25) is 0 Å². The van der Waals surface area contributed by atoms with Gasteiger partial charge >= 0.3 is 6.09 Å². The average molecular weight is 339 g/mol. The summed E-state index contributed by atoms with van der Waals surface area (Å²) < 4.78 is 0. The third kappa shape index (κ3) is 4.16. The van der Waals surface area contributed by atoms with Crippen LogP contribution < -0.4 is 15.5 Å². The predicted octanol–water partition coefficient (Wildman–Crippen LogP) is 2.81. The maximum atomic E-state index is 13.0. The second-order valence-electron chi connectivity index (χ2n) is 5.98. The summed E-state index contributed by atoms with van der Waals surface area (Å²) >= 11 is 0. The molecule has 2 aromatic rings. The molecule has 0 radical (unpaired) electrons. The molecule has 130 valence electrons.